The van der Waals surface area contributed by atoms with Crippen molar-refractivity contribution in [3.63, 3.8) is 0 Å². The van der Waals surface area contributed by atoms with Gasteiger partial charge in [-0.05, 0) is 30.7 Å². The fourth-order valence-electron chi connectivity index (χ4n) is 1.62. The summed E-state index contributed by atoms with van der Waals surface area (Å²) >= 11 is 3.36. The number of aromatic nitrogens is 2. The van der Waals surface area contributed by atoms with Gasteiger partial charge in [-0.1, -0.05) is 15.9 Å². The lowest BCUT2D eigenvalue weighted by Gasteiger charge is -2.08. The summed E-state index contributed by atoms with van der Waals surface area (Å²) in [5, 5.41) is 13.9. The molecule has 8 nitrogen and oxygen atoms in total. The van der Waals surface area contributed by atoms with Gasteiger partial charge in [0.25, 0.3) is 0 Å². The van der Waals surface area contributed by atoms with Crippen molar-refractivity contribution < 1.29 is 4.92 Å². The van der Waals surface area contributed by atoms with Crippen LogP contribution in [0.4, 0.5) is 23.1 Å². The van der Waals surface area contributed by atoms with Gasteiger partial charge in [0, 0.05) is 10.2 Å². The fraction of sp³-hybridized carbons (Fsp3) is 0.0909. The lowest BCUT2D eigenvalue weighted by atomic mass is 10.2. The molecule has 0 aliphatic carbocycles. The van der Waals surface area contributed by atoms with E-state index < -0.39 is 4.92 Å². The summed E-state index contributed by atoms with van der Waals surface area (Å²) in [6.45, 7) is 1.91. The van der Waals surface area contributed by atoms with E-state index in [4.69, 9.17) is 5.84 Å². The third-order valence-electron chi connectivity index (χ3n) is 2.40. The highest BCUT2D eigenvalue weighted by molar-refractivity contribution is 9.10. The van der Waals surface area contributed by atoms with Crippen LogP contribution in [0.1, 0.15) is 5.56 Å². The molecule has 1 heterocycles. The maximum absolute atomic E-state index is 11.0. The van der Waals surface area contributed by atoms with Gasteiger partial charge in [-0.15, -0.1) is 0 Å². The monoisotopic (exact) mass is 338 g/mol. The molecule has 2 aromatic rings. The lowest BCUT2D eigenvalue weighted by Crippen LogP contribution is -2.12. The SMILES string of the molecule is Cc1cc(Br)cc(Nc2nc(NN)ncc2[N+](=O)[O-])c1. The van der Waals surface area contributed by atoms with Gasteiger partial charge in [-0.2, -0.15) is 4.98 Å². The van der Waals surface area contributed by atoms with Crippen LogP contribution in [0, 0.1) is 17.0 Å². The molecule has 0 atom stereocenters. The number of benzene rings is 1. The molecule has 0 saturated heterocycles. The first kappa shape index (κ1) is 14.2. The Morgan fingerprint density at radius 2 is 2.15 bits per heavy atom. The molecule has 0 radical (unpaired) electrons. The minimum Gasteiger partial charge on any atom is -0.334 e. The molecule has 0 spiro atoms. The molecule has 20 heavy (non-hydrogen) atoms. The minimum atomic E-state index is -0.562. The van der Waals surface area contributed by atoms with E-state index in [-0.39, 0.29) is 17.5 Å². The van der Waals surface area contributed by atoms with Crippen LogP contribution in [-0.4, -0.2) is 14.9 Å². The number of anilines is 3. The summed E-state index contributed by atoms with van der Waals surface area (Å²) in [5.74, 6) is 5.36. The quantitative estimate of drug-likeness (QED) is 0.445. The average Bonchev–Trinajstić information content (AvgIpc) is 2.37. The van der Waals surface area contributed by atoms with Crippen LogP contribution in [0.15, 0.2) is 28.9 Å². The van der Waals surface area contributed by atoms with Gasteiger partial charge in [0.2, 0.25) is 11.8 Å². The van der Waals surface area contributed by atoms with Gasteiger partial charge in [-0.3, -0.25) is 15.5 Å². The Labute approximate surface area is 122 Å². The van der Waals surface area contributed by atoms with Crippen molar-refractivity contribution in [2.75, 3.05) is 10.7 Å². The molecule has 2 rings (SSSR count). The fourth-order valence-corrected chi connectivity index (χ4v) is 2.22. The average molecular weight is 339 g/mol. The molecule has 9 heteroatoms. The Kier molecular flexibility index (Phi) is 4.11. The van der Waals surface area contributed by atoms with Crippen LogP contribution in [0.3, 0.4) is 0 Å². The van der Waals surface area contributed by atoms with E-state index in [1.807, 2.05) is 19.1 Å². The van der Waals surface area contributed by atoms with E-state index in [9.17, 15) is 10.1 Å². The molecular formula is C11H11BrN6O2. The maximum atomic E-state index is 11.0. The second-order valence-corrected chi connectivity index (χ2v) is 4.89. The first-order chi connectivity index (χ1) is 9.49. The van der Waals surface area contributed by atoms with Gasteiger partial charge in [0.05, 0.1) is 4.92 Å². The highest BCUT2D eigenvalue weighted by Crippen LogP contribution is 2.27. The second-order valence-electron chi connectivity index (χ2n) is 3.97. The molecule has 1 aromatic carbocycles. The summed E-state index contributed by atoms with van der Waals surface area (Å²) in [5.41, 5.74) is 3.68. The number of aryl methyl sites for hydroxylation is 1. The molecule has 0 amide bonds. The minimum absolute atomic E-state index is 0.0652. The van der Waals surface area contributed by atoms with Crippen LogP contribution in [0.5, 0.6) is 0 Å². The van der Waals surface area contributed by atoms with Crippen molar-refractivity contribution in [2.45, 2.75) is 6.92 Å². The van der Waals surface area contributed by atoms with Gasteiger partial charge < -0.3 is 5.32 Å². The molecule has 0 aliphatic rings. The van der Waals surface area contributed by atoms with Crippen LogP contribution in [-0.2, 0) is 0 Å². The zero-order chi connectivity index (χ0) is 14.7. The zero-order valence-corrected chi connectivity index (χ0v) is 12.0. The molecule has 4 N–H and O–H groups in total. The number of halogens is 1. The second kappa shape index (κ2) is 5.80. The molecule has 1 aromatic heterocycles. The van der Waals surface area contributed by atoms with Crippen molar-refractivity contribution in [1.29, 1.82) is 0 Å². The summed E-state index contributed by atoms with van der Waals surface area (Å²) in [7, 11) is 0. The third kappa shape index (κ3) is 3.19. The molecule has 0 unspecified atom stereocenters. The number of hydrogen-bond acceptors (Lipinski definition) is 7. The Morgan fingerprint density at radius 1 is 1.40 bits per heavy atom. The van der Waals surface area contributed by atoms with Crippen LogP contribution in [0.25, 0.3) is 0 Å². The summed E-state index contributed by atoms with van der Waals surface area (Å²) in [6, 6.07) is 5.55. The normalized spacial score (nSPS) is 10.2. The van der Waals surface area contributed by atoms with Crippen LogP contribution < -0.4 is 16.6 Å². The highest BCUT2D eigenvalue weighted by atomic mass is 79.9. The molecule has 104 valence electrons. The van der Waals surface area contributed by atoms with E-state index in [1.54, 1.807) is 6.07 Å². The third-order valence-corrected chi connectivity index (χ3v) is 2.86. The van der Waals surface area contributed by atoms with Crippen molar-refractivity contribution in [3.8, 4) is 0 Å². The Morgan fingerprint density at radius 3 is 2.75 bits per heavy atom. The van der Waals surface area contributed by atoms with E-state index in [0.717, 1.165) is 16.2 Å². The summed E-state index contributed by atoms with van der Waals surface area (Å²) in [4.78, 5) is 18.1. The Hall–Kier alpha value is -2.26. The van der Waals surface area contributed by atoms with E-state index >= 15 is 0 Å². The van der Waals surface area contributed by atoms with E-state index in [1.165, 1.54) is 0 Å². The van der Waals surface area contributed by atoms with Crippen molar-refractivity contribution in [1.82, 2.24) is 9.97 Å². The molecule has 0 saturated carbocycles. The Bertz CT molecular complexity index is 643. The summed E-state index contributed by atoms with van der Waals surface area (Å²) in [6.07, 6.45) is 1.09. The topological polar surface area (TPSA) is 119 Å². The predicted molar refractivity (Wildman–Crippen MR) is 78.7 cm³/mol. The number of nitrogens with one attached hydrogen (secondary N) is 2. The van der Waals surface area contributed by atoms with Crippen molar-refractivity contribution in [3.05, 3.63) is 44.5 Å². The van der Waals surface area contributed by atoms with Gasteiger partial charge in [-0.25, -0.2) is 10.8 Å². The number of hydrazine groups is 1. The first-order valence-corrected chi connectivity index (χ1v) is 6.31. The standard InChI is InChI=1S/C11H11BrN6O2/c1-6-2-7(12)4-8(3-6)15-10-9(18(19)20)5-14-11(16-10)17-13/h2-5H,13H2,1H3,(H2,14,15,16,17). The predicted octanol–water partition coefficient (Wildman–Crippen LogP) is 2.48. The molecule has 0 bridgehead atoms. The Balaban J connectivity index is 2.42. The number of hydrogen-bond donors (Lipinski definition) is 3. The zero-order valence-electron chi connectivity index (χ0n) is 10.4. The lowest BCUT2D eigenvalue weighted by molar-refractivity contribution is -0.384. The molecule has 0 aliphatic heterocycles. The number of nitrogens with two attached hydrogens (primary N) is 1. The largest absolute Gasteiger partial charge is 0.334 e. The van der Waals surface area contributed by atoms with Crippen molar-refractivity contribution in [2.24, 2.45) is 5.84 Å². The number of rotatable bonds is 4. The number of nitrogen functional groups attached to an aromatic ring is 1. The number of nitrogens with zero attached hydrogens (tertiary/aromatic N) is 3. The van der Waals surface area contributed by atoms with Gasteiger partial charge in [0.15, 0.2) is 0 Å². The molecule has 0 fully saturated rings. The van der Waals surface area contributed by atoms with Crippen LogP contribution in [0.2, 0.25) is 0 Å². The van der Waals surface area contributed by atoms with Gasteiger partial charge in [0.1, 0.15) is 6.20 Å². The smallest absolute Gasteiger partial charge is 0.329 e. The summed E-state index contributed by atoms with van der Waals surface area (Å²) < 4.78 is 0.855. The van der Waals surface area contributed by atoms with E-state index in [2.05, 4.69) is 36.6 Å². The molecular weight excluding hydrogens is 328 g/mol. The first-order valence-electron chi connectivity index (χ1n) is 5.52. The van der Waals surface area contributed by atoms with Gasteiger partial charge >= 0.3 is 5.69 Å². The van der Waals surface area contributed by atoms with Crippen LogP contribution >= 0.6 is 15.9 Å². The highest BCUT2D eigenvalue weighted by Gasteiger charge is 2.17. The maximum Gasteiger partial charge on any atom is 0.329 e. The van der Waals surface area contributed by atoms with Crippen molar-refractivity contribution >= 4 is 39.1 Å². The van der Waals surface area contributed by atoms with E-state index in [0.29, 0.717) is 5.69 Å². The number of nitro groups is 1.